The van der Waals surface area contributed by atoms with Gasteiger partial charge in [-0.15, -0.1) is 0 Å². The molecule has 0 aliphatic carbocycles. The molecule has 8 heteroatoms. The molecule has 1 aliphatic rings. The highest BCUT2D eigenvalue weighted by Gasteiger charge is 2.34. The fourth-order valence-electron chi connectivity index (χ4n) is 2.86. The normalized spacial score (nSPS) is 15.3. The van der Waals surface area contributed by atoms with E-state index in [1.807, 2.05) is 30.3 Å². The van der Waals surface area contributed by atoms with Crippen LogP contribution in [0, 0.1) is 0 Å². The molecule has 0 radical (unpaired) electrons. The third-order valence-corrected chi connectivity index (χ3v) is 4.58. The van der Waals surface area contributed by atoms with Crippen molar-refractivity contribution in [2.75, 3.05) is 4.90 Å². The minimum absolute atomic E-state index is 0.0136. The lowest BCUT2D eigenvalue weighted by molar-refractivity contribution is -0.122. The fraction of sp³-hybridized carbons (Fsp3) is 0. The lowest BCUT2D eigenvalue weighted by Gasteiger charge is -2.29. The van der Waals surface area contributed by atoms with E-state index in [-0.39, 0.29) is 16.2 Å². The van der Waals surface area contributed by atoms with Crippen molar-refractivity contribution < 1.29 is 14.3 Å². The first kappa shape index (κ1) is 19.3. The molecule has 1 aliphatic heterocycles. The quantitative estimate of drug-likeness (QED) is 0.387. The van der Waals surface area contributed by atoms with Gasteiger partial charge in [0.1, 0.15) is 17.1 Å². The fourth-order valence-corrected chi connectivity index (χ4v) is 3.14. The maximum Gasteiger partial charge on any atom is 0.270 e. The van der Waals surface area contributed by atoms with Crippen molar-refractivity contribution in [1.82, 2.24) is 10.3 Å². The topological polar surface area (TPSA) is 91.5 Å². The molecule has 0 atom stereocenters. The van der Waals surface area contributed by atoms with Gasteiger partial charge in [-0.05, 0) is 66.3 Å². The average molecular weight is 417 g/mol. The summed E-state index contributed by atoms with van der Waals surface area (Å²) < 4.78 is 5.75. The molecule has 3 aromatic rings. The number of hydrogen-bond acceptors (Lipinski definition) is 5. The Kier molecular flexibility index (Phi) is 5.23. The van der Waals surface area contributed by atoms with Crippen molar-refractivity contribution in [2.45, 2.75) is 0 Å². The minimum Gasteiger partial charge on any atom is -0.457 e. The third kappa shape index (κ3) is 4.03. The molecule has 4 rings (SSSR count). The van der Waals surface area contributed by atoms with E-state index >= 15 is 0 Å². The Morgan fingerprint density at radius 1 is 0.867 bits per heavy atom. The van der Waals surface area contributed by atoms with E-state index in [4.69, 9.17) is 17.0 Å². The van der Waals surface area contributed by atoms with Crippen LogP contribution in [0.2, 0.25) is 0 Å². The molecular formula is C22H15N3O4S. The second kappa shape index (κ2) is 8.14. The number of aromatic nitrogens is 1. The molecule has 2 heterocycles. The molecule has 0 unspecified atom stereocenters. The lowest BCUT2D eigenvalue weighted by Crippen LogP contribution is -2.54. The van der Waals surface area contributed by atoms with E-state index in [9.17, 15) is 14.4 Å². The number of carbonyl (C=O) groups is 2. The van der Waals surface area contributed by atoms with Crippen LogP contribution in [0.3, 0.4) is 0 Å². The summed E-state index contributed by atoms with van der Waals surface area (Å²) in [5, 5.41) is 2.51. The van der Waals surface area contributed by atoms with Crippen molar-refractivity contribution >= 4 is 40.9 Å². The summed E-state index contributed by atoms with van der Waals surface area (Å²) in [6.45, 7) is 0. The molecule has 1 saturated heterocycles. The van der Waals surface area contributed by atoms with Gasteiger partial charge in [0.05, 0.1) is 5.69 Å². The van der Waals surface area contributed by atoms with Gasteiger partial charge in [-0.3, -0.25) is 24.6 Å². The van der Waals surface area contributed by atoms with Gasteiger partial charge in [0.25, 0.3) is 11.8 Å². The van der Waals surface area contributed by atoms with E-state index in [2.05, 4.69) is 10.3 Å². The van der Waals surface area contributed by atoms with Gasteiger partial charge in [0.2, 0.25) is 5.56 Å². The van der Waals surface area contributed by atoms with Crippen LogP contribution in [0.1, 0.15) is 5.56 Å². The van der Waals surface area contributed by atoms with Gasteiger partial charge in [-0.2, -0.15) is 0 Å². The first-order valence-electron chi connectivity index (χ1n) is 8.94. The summed E-state index contributed by atoms with van der Waals surface area (Å²) in [7, 11) is 0. The van der Waals surface area contributed by atoms with Gasteiger partial charge in [-0.25, -0.2) is 0 Å². The summed E-state index contributed by atoms with van der Waals surface area (Å²) in [5.74, 6) is 0.115. The van der Waals surface area contributed by atoms with Crippen LogP contribution in [0.5, 0.6) is 11.5 Å². The van der Waals surface area contributed by atoms with Gasteiger partial charge in [0, 0.05) is 12.3 Å². The zero-order valence-electron chi connectivity index (χ0n) is 15.5. The summed E-state index contributed by atoms with van der Waals surface area (Å²) in [6.07, 6.45) is 2.82. The van der Waals surface area contributed by atoms with Crippen LogP contribution in [0.25, 0.3) is 6.08 Å². The van der Waals surface area contributed by atoms with Gasteiger partial charge >= 0.3 is 0 Å². The zero-order valence-corrected chi connectivity index (χ0v) is 16.3. The molecule has 2 amide bonds. The highest BCUT2D eigenvalue weighted by Crippen LogP contribution is 2.26. The second-order valence-electron chi connectivity index (χ2n) is 6.35. The summed E-state index contributed by atoms with van der Waals surface area (Å²) >= 11 is 5.20. The Morgan fingerprint density at radius 3 is 2.23 bits per heavy atom. The number of thiocarbonyl (C=S) groups is 1. The third-order valence-electron chi connectivity index (χ3n) is 4.29. The Balaban J connectivity index is 1.60. The number of H-pyrrole nitrogens is 1. The Morgan fingerprint density at radius 2 is 1.57 bits per heavy atom. The molecule has 30 heavy (non-hydrogen) atoms. The predicted molar refractivity (Wildman–Crippen MR) is 116 cm³/mol. The van der Waals surface area contributed by atoms with Gasteiger partial charge < -0.3 is 9.72 Å². The van der Waals surface area contributed by atoms with Crippen molar-refractivity contribution in [2.24, 2.45) is 0 Å². The van der Waals surface area contributed by atoms with Gasteiger partial charge in [0.15, 0.2) is 5.11 Å². The van der Waals surface area contributed by atoms with E-state index in [1.54, 1.807) is 24.3 Å². The summed E-state index contributed by atoms with van der Waals surface area (Å²) in [6, 6.07) is 18.9. The van der Waals surface area contributed by atoms with Crippen LogP contribution >= 0.6 is 12.2 Å². The molecule has 0 saturated carbocycles. The predicted octanol–water partition coefficient (Wildman–Crippen LogP) is 3.00. The van der Waals surface area contributed by atoms with E-state index < -0.39 is 11.8 Å². The number of aromatic amines is 1. The molecule has 148 valence electrons. The molecule has 0 bridgehead atoms. The second-order valence-corrected chi connectivity index (χ2v) is 6.74. The molecule has 0 spiro atoms. The number of carbonyl (C=O) groups excluding carboxylic acids is 2. The molecule has 2 aromatic carbocycles. The van der Waals surface area contributed by atoms with Crippen molar-refractivity contribution in [3.05, 3.63) is 94.4 Å². The number of nitrogens with one attached hydrogen (secondary N) is 2. The SMILES string of the molecule is O=C1NC(=S)N(c2ccc(Oc3ccccc3)cc2)C(=O)C1=Cc1ccc(=O)[nH]c1. The van der Waals surface area contributed by atoms with Crippen molar-refractivity contribution in [3.8, 4) is 11.5 Å². The van der Waals surface area contributed by atoms with Crippen molar-refractivity contribution in [3.63, 3.8) is 0 Å². The number of nitrogens with zero attached hydrogens (tertiary/aromatic N) is 1. The number of ether oxygens (including phenoxy) is 1. The first-order chi connectivity index (χ1) is 14.5. The van der Waals surface area contributed by atoms with E-state index in [0.717, 1.165) is 0 Å². The van der Waals surface area contributed by atoms with Crippen LogP contribution in [-0.2, 0) is 9.59 Å². The van der Waals surface area contributed by atoms with Crippen LogP contribution in [0.15, 0.2) is 83.3 Å². The first-order valence-corrected chi connectivity index (χ1v) is 9.35. The Hall–Kier alpha value is -4.04. The average Bonchev–Trinajstić information content (AvgIpc) is 2.74. The largest absolute Gasteiger partial charge is 0.457 e. The number of rotatable bonds is 4. The van der Waals surface area contributed by atoms with Crippen LogP contribution < -0.4 is 20.5 Å². The highest BCUT2D eigenvalue weighted by atomic mass is 32.1. The standard InChI is InChI=1S/C22H15N3O4S/c26-19-11-6-14(13-23-19)12-18-20(27)24-22(30)25(21(18)28)15-7-9-17(10-8-15)29-16-4-2-1-3-5-16/h1-13H,(H,23,26)(H,24,27,30). The smallest absolute Gasteiger partial charge is 0.270 e. The van der Waals surface area contributed by atoms with Crippen molar-refractivity contribution in [1.29, 1.82) is 0 Å². The molecule has 7 nitrogen and oxygen atoms in total. The number of pyridine rings is 1. The molecule has 1 fully saturated rings. The molecule has 2 N–H and O–H groups in total. The van der Waals surface area contributed by atoms with Gasteiger partial charge in [-0.1, -0.05) is 18.2 Å². The van der Waals surface area contributed by atoms with E-state index in [1.165, 1.54) is 29.3 Å². The maximum absolute atomic E-state index is 13.0. The van der Waals surface area contributed by atoms with E-state index in [0.29, 0.717) is 22.7 Å². The summed E-state index contributed by atoms with van der Waals surface area (Å²) in [5.41, 5.74) is 0.614. The Labute approximate surface area is 176 Å². The zero-order chi connectivity index (χ0) is 21.1. The lowest BCUT2D eigenvalue weighted by atomic mass is 10.1. The summed E-state index contributed by atoms with van der Waals surface area (Å²) in [4.78, 5) is 40.3. The maximum atomic E-state index is 13.0. The molecule has 1 aromatic heterocycles. The van der Waals surface area contributed by atoms with Crippen LogP contribution in [0.4, 0.5) is 5.69 Å². The number of amides is 2. The molecular weight excluding hydrogens is 402 g/mol. The Bertz CT molecular complexity index is 1200. The monoisotopic (exact) mass is 417 g/mol. The number of hydrogen-bond donors (Lipinski definition) is 2. The minimum atomic E-state index is -0.600. The highest BCUT2D eigenvalue weighted by molar-refractivity contribution is 7.80. The number of benzene rings is 2. The number of para-hydroxylation sites is 1. The number of anilines is 1. The van der Waals surface area contributed by atoms with Crippen LogP contribution in [-0.4, -0.2) is 21.9 Å².